The predicted octanol–water partition coefficient (Wildman–Crippen LogP) is 0.232. The summed E-state index contributed by atoms with van der Waals surface area (Å²) in [6.45, 7) is 3.85. The Hall–Kier alpha value is -1.30. The summed E-state index contributed by atoms with van der Waals surface area (Å²) in [7, 11) is 1.65. The van der Waals surface area contributed by atoms with Crippen LogP contribution in [0.2, 0.25) is 0 Å². The molecule has 6 heteroatoms. The molecule has 1 atom stereocenters. The Morgan fingerprint density at radius 3 is 2.84 bits per heavy atom. The zero-order valence-corrected chi connectivity index (χ0v) is 11.9. The molecule has 4 N–H and O–H groups in total. The Morgan fingerprint density at radius 1 is 1.53 bits per heavy atom. The summed E-state index contributed by atoms with van der Waals surface area (Å²) in [5.41, 5.74) is 5.72. The van der Waals surface area contributed by atoms with Crippen molar-refractivity contribution in [3.05, 3.63) is 0 Å². The number of guanidine groups is 1. The molecule has 1 amide bonds. The summed E-state index contributed by atoms with van der Waals surface area (Å²) < 4.78 is 4.99. The van der Waals surface area contributed by atoms with Crippen LogP contribution in [0.5, 0.6) is 0 Å². The van der Waals surface area contributed by atoms with Crippen molar-refractivity contribution in [2.75, 3.05) is 26.8 Å². The molecule has 1 rings (SSSR count). The number of nitrogens with zero attached hydrogens (tertiary/aromatic N) is 1. The van der Waals surface area contributed by atoms with E-state index in [4.69, 9.17) is 10.5 Å². The first-order chi connectivity index (χ1) is 9.13. The Bertz CT molecular complexity index is 303. The molecule has 1 unspecified atom stereocenters. The zero-order valence-electron chi connectivity index (χ0n) is 11.9. The van der Waals surface area contributed by atoms with Gasteiger partial charge in [-0.05, 0) is 26.2 Å². The number of nitrogens with two attached hydrogens (primary N) is 1. The van der Waals surface area contributed by atoms with Gasteiger partial charge in [0.05, 0.1) is 6.61 Å². The van der Waals surface area contributed by atoms with Crippen LogP contribution >= 0.6 is 0 Å². The predicted molar refractivity (Wildman–Crippen MR) is 75.9 cm³/mol. The maximum absolute atomic E-state index is 11.5. The molecule has 0 heterocycles. The molecule has 0 aromatic carbocycles. The molecule has 0 radical (unpaired) electrons. The molecular weight excluding hydrogens is 244 g/mol. The van der Waals surface area contributed by atoms with Crippen LogP contribution in [0.15, 0.2) is 4.99 Å². The summed E-state index contributed by atoms with van der Waals surface area (Å²) in [4.78, 5) is 15.7. The van der Waals surface area contributed by atoms with Crippen LogP contribution in [0.1, 0.15) is 32.6 Å². The molecule has 19 heavy (non-hydrogen) atoms. The lowest BCUT2D eigenvalue weighted by Crippen LogP contribution is -2.40. The first kappa shape index (κ1) is 15.8. The summed E-state index contributed by atoms with van der Waals surface area (Å²) in [6.07, 6.45) is 4.07. The highest BCUT2D eigenvalue weighted by Gasteiger charge is 2.24. The van der Waals surface area contributed by atoms with Gasteiger partial charge in [-0.1, -0.05) is 6.42 Å². The molecule has 1 saturated carbocycles. The van der Waals surface area contributed by atoms with Crippen LogP contribution in [0.3, 0.4) is 0 Å². The molecular formula is C13H26N4O2. The molecule has 0 saturated heterocycles. The molecule has 1 fully saturated rings. The van der Waals surface area contributed by atoms with Gasteiger partial charge in [0.15, 0.2) is 5.96 Å². The van der Waals surface area contributed by atoms with E-state index in [-0.39, 0.29) is 17.9 Å². The second kappa shape index (κ2) is 8.74. The lowest BCUT2D eigenvalue weighted by molar-refractivity contribution is -0.127. The van der Waals surface area contributed by atoms with E-state index < -0.39 is 0 Å². The number of ether oxygens (including phenoxy) is 1. The van der Waals surface area contributed by atoms with E-state index in [2.05, 4.69) is 15.6 Å². The molecule has 110 valence electrons. The van der Waals surface area contributed by atoms with Crippen molar-refractivity contribution in [2.45, 2.75) is 38.6 Å². The van der Waals surface area contributed by atoms with Crippen LogP contribution in [-0.4, -0.2) is 44.7 Å². The van der Waals surface area contributed by atoms with Crippen molar-refractivity contribution in [3.8, 4) is 0 Å². The lowest BCUT2D eigenvalue weighted by Gasteiger charge is -2.23. The van der Waals surface area contributed by atoms with Gasteiger partial charge in [0.1, 0.15) is 0 Å². The maximum atomic E-state index is 11.5. The molecule has 1 aliphatic rings. The Kier molecular flexibility index (Phi) is 7.25. The molecule has 6 nitrogen and oxygen atoms in total. The fourth-order valence-electron chi connectivity index (χ4n) is 1.89. The van der Waals surface area contributed by atoms with Crippen molar-refractivity contribution in [2.24, 2.45) is 16.6 Å². The summed E-state index contributed by atoms with van der Waals surface area (Å²) >= 11 is 0. The van der Waals surface area contributed by atoms with E-state index in [1.54, 1.807) is 7.11 Å². The fraction of sp³-hybridized carbons (Fsp3) is 0.846. The number of carbonyl (C=O) groups is 1. The SMILES string of the molecule is COCC(C)NC(N)=NCCCNC(=O)C1CCC1. The average Bonchev–Trinajstić information content (AvgIpc) is 2.26. The van der Waals surface area contributed by atoms with E-state index in [1.807, 2.05) is 6.92 Å². The van der Waals surface area contributed by atoms with Gasteiger partial charge in [-0.2, -0.15) is 0 Å². The Balaban J connectivity index is 2.03. The minimum absolute atomic E-state index is 0.145. The second-order valence-corrected chi connectivity index (χ2v) is 5.04. The van der Waals surface area contributed by atoms with Gasteiger partial charge in [0.25, 0.3) is 0 Å². The minimum atomic E-state index is 0.145. The van der Waals surface area contributed by atoms with Gasteiger partial charge in [0.2, 0.25) is 5.91 Å². The highest BCUT2D eigenvalue weighted by molar-refractivity contribution is 5.79. The molecule has 0 aliphatic heterocycles. The fourth-order valence-corrected chi connectivity index (χ4v) is 1.89. The number of aliphatic imine (C=N–C) groups is 1. The topological polar surface area (TPSA) is 88.7 Å². The lowest BCUT2D eigenvalue weighted by atomic mass is 9.85. The average molecular weight is 270 g/mol. The highest BCUT2D eigenvalue weighted by Crippen LogP contribution is 2.25. The molecule has 0 aromatic heterocycles. The maximum Gasteiger partial charge on any atom is 0.223 e. The number of methoxy groups -OCH3 is 1. The zero-order chi connectivity index (χ0) is 14.1. The molecule has 0 bridgehead atoms. The molecule has 1 aliphatic carbocycles. The molecule has 0 spiro atoms. The van der Waals surface area contributed by atoms with Crippen LogP contribution in [0.4, 0.5) is 0 Å². The minimum Gasteiger partial charge on any atom is -0.383 e. The van der Waals surface area contributed by atoms with Crippen molar-refractivity contribution in [3.63, 3.8) is 0 Å². The summed E-state index contributed by atoms with van der Waals surface area (Å²) in [6, 6.07) is 0.145. The number of nitrogens with one attached hydrogen (secondary N) is 2. The van der Waals surface area contributed by atoms with Crippen LogP contribution < -0.4 is 16.4 Å². The first-order valence-corrected chi connectivity index (χ1v) is 6.96. The van der Waals surface area contributed by atoms with Crippen LogP contribution in [0.25, 0.3) is 0 Å². The number of rotatable bonds is 8. The van der Waals surface area contributed by atoms with Gasteiger partial charge in [-0.25, -0.2) is 0 Å². The van der Waals surface area contributed by atoms with Crippen molar-refractivity contribution >= 4 is 11.9 Å². The monoisotopic (exact) mass is 270 g/mol. The summed E-state index contributed by atoms with van der Waals surface area (Å²) in [5, 5.41) is 5.96. The summed E-state index contributed by atoms with van der Waals surface area (Å²) in [5.74, 6) is 0.870. The smallest absolute Gasteiger partial charge is 0.223 e. The van der Waals surface area contributed by atoms with E-state index in [9.17, 15) is 4.79 Å². The Morgan fingerprint density at radius 2 is 2.26 bits per heavy atom. The van der Waals surface area contributed by atoms with E-state index in [1.165, 1.54) is 6.42 Å². The number of amides is 1. The van der Waals surface area contributed by atoms with Crippen LogP contribution in [0, 0.1) is 5.92 Å². The van der Waals surface area contributed by atoms with Gasteiger partial charge in [-0.15, -0.1) is 0 Å². The standard InChI is InChI=1S/C13H26N4O2/c1-10(9-19-2)17-13(14)16-8-4-7-15-12(18)11-5-3-6-11/h10-11H,3-9H2,1-2H3,(H,15,18)(H3,14,16,17). The number of hydrogen-bond donors (Lipinski definition) is 3. The van der Waals surface area contributed by atoms with Gasteiger partial charge in [0, 0.05) is 32.2 Å². The Labute approximate surface area is 115 Å². The van der Waals surface area contributed by atoms with Crippen molar-refractivity contribution in [1.29, 1.82) is 0 Å². The van der Waals surface area contributed by atoms with Crippen LogP contribution in [-0.2, 0) is 9.53 Å². The van der Waals surface area contributed by atoms with Gasteiger partial charge < -0.3 is 21.1 Å². The largest absolute Gasteiger partial charge is 0.383 e. The third kappa shape index (κ3) is 6.42. The number of carbonyl (C=O) groups excluding carboxylic acids is 1. The third-order valence-corrected chi connectivity index (χ3v) is 3.20. The third-order valence-electron chi connectivity index (χ3n) is 3.20. The van der Waals surface area contributed by atoms with E-state index >= 15 is 0 Å². The van der Waals surface area contributed by atoms with E-state index in [0.717, 1.165) is 19.3 Å². The van der Waals surface area contributed by atoms with Crippen molar-refractivity contribution in [1.82, 2.24) is 10.6 Å². The second-order valence-electron chi connectivity index (χ2n) is 5.04. The van der Waals surface area contributed by atoms with E-state index in [0.29, 0.717) is 25.7 Å². The normalized spacial score (nSPS) is 17.7. The molecule has 0 aromatic rings. The highest BCUT2D eigenvalue weighted by atomic mass is 16.5. The van der Waals surface area contributed by atoms with Gasteiger partial charge >= 0.3 is 0 Å². The quantitative estimate of drug-likeness (QED) is 0.335. The van der Waals surface area contributed by atoms with Gasteiger partial charge in [-0.3, -0.25) is 9.79 Å². The van der Waals surface area contributed by atoms with Crippen molar-refractivity contribution < 1.29 is 9.53 Å². The first-order valence-electron chi connectivity index (χ1n) is 6.96. The number of hydrogen-bond acceptors (Lipinski definition) is 3.